The fraction of sp³-hybridized carbons (Fsp3) is 0.500. The van der Waals surface area contributed by atoms with E-state index in [-0.39, 0.29) is 17.7 Å². The van der Waals surface area contributed by atoms with Gasteiger partial charge in [0.15, 0.2) is 5.76 Å². The summed E-state index contributed by atoms with van der Waals surface area (Å²) in [4.78, 5) is 37.0. The van der Waals surface area contributed by atoms with Gasteiger partial charge in [-0.05, 0) is 56.1 Å². The van der Waals surface area contributed by atoms with E-state index in [0.717, 1.165) is 30.8 Å². The third kappa shape index (κ3) is 7.29. The molecule has 4 rings (SSSR count). The molecule has 0 unspecified atom stereocenters. The fourth-order valence-electron chi connectivity index (χ4n) is 4.56. The van der Waals surface area contributed by atoms with Crippen molar-refractivity contribution in [2.45, 2.75) is 52.5 Å². The Kier molecular flexibility index (Phi) is 9.11. The molecule has 0 saturated heterocycles. The standard InChI is InChI=1S/C28H37N5O4/c1-21(2)19-27(35)33-15-8-14-31(3)16-17-32(20-22-9-4-5-10-23(22)33)26(34)13-6-12-25-29-28(30-37-25)24-11-7-18-36-24/h4-5,7,9-11,18,21H,6,8,12-17,19-20H2,1-3H3. The zero-order valence-corrected chi connectivity index (χ0v) is 22.1. The Bertz CT molecular complexity index is 1160. The predicted molar refractivity (Wildman–Crippen MR) is 141 cm³/mol. The Morgan fingerprint density at radius 2 is 1.86 bits per heavy atom. The van der Waals surface area contributed by atoms with E-state index in [1.807, 2.05) is 34.1 Å². The second-order valence-electron chi connectivity index (χ2n) is 10.1. The number of amides is 2. The lowest BCUT2D eigenvalue weighted by molar-refractivity contribution is -0.132. The molecule has 3 heterocycles. The van der Waals surface area contributed by atoms with Crippen LogP contribution in [-0.4, -0.2) is 65.0 Å². The first-order valence-corrected chi connectivity index (χ1v) is 13.1. The summed E-state index contributed by atoms with van der Waals surface area (Å²) < 4.78 is 10.6. The minimum atomic E-state index is 0.0771. The van der Waals surface area contributed by atoms with Gasteiger partial charge in [-0.15, -0.1) is 0 Å². The second kappa shape index (κ2) is 12.7. The first-order valence-electron chi connectivity index (χ1n) is 13.1. The summed E-state index contributed by atoms with van der Waals surface area (Å²) >= 11 is 0. The third-order valence-corrected chi connectivity index (χ3v) is 6.54. The van der Waals surface area contributed by atoms with Gasteiger partial charge < -0.3 is 23.6 Å². The first kappa shape index (κ1) is 26.6. The summed E-state index contributed by atoms with van der Waals surface area (Å²) in [7, 11) is 2.07. The number of carbonyl (C=O) groups excluding carboxylic acids is 2. The van der Waals surface area contributed by atoms with Crippen molar-refractivity contribution in [1.82, 2.24) is 19.9 Å². The van der Waals surface area contributed by atoms with Crippen molar-refractivity contribution in [3.05, 3.63) is 54.1 Å². The van der Waals surface area contributed by atoms with Crippen molar-refractivity contribution >= 4 is 17.5 Å². The van der Waals surface area contributed by atoms with Gasteiger partial charge >= 0.3 is 0 Å². The van der Waals surface area contributed by atoms with Crippen LogP contribution in [0.1, 0.15) is 51.0 Å². The number of anilines is 1. The number of furan rings is 1. The van der Waals surface area contributed by atoms with Gasteiger partial charge in [-0.2, -0.15) is 4.98 Å². The lowest BCUT2D eigenvalue weighted by Gasteiger charge is -2.28. The van der Waals surface area contributed by atoms with Gasteiger partial charge in [-0.1, -0.05) is 37.2 Å². The zero-order valence-electron chi connectivity index (χ0n) is 22.1. The number of nitrogens with zero attached hydrogens (tertiary/aromatic N) is 5. The summed E-state index contributed by atoms with van der Waals surface area (Å²) in [5.41, 5.74) is 1.91. The molecule has 2 amide bonds. The van der Waals surface area contributed by atoms with E-state index in [1.54, 1.807) is 18.4 Å². The predicted octanol–water partition coefficient (Wildman–Crippen LogP) is 4.40. The SMILES string of the molecule is CC(C)CC(=O)N1CCCN(C)CCN(C(=O)CCCc2nc(-c3ccco3)no2)Cc2ccccc21. The number of hydrogen-bond acceptors (Lipinski definition) is 7. The van der Waals surface area contributed by atoms with Crippen LogP contribution < -0.4 is 4.90 Å². The van der Waals surface area contributed by atoms with Gasteiger partial charge in [0, 0.05) is 51.1 Å². The lowest BCUT2D eigenvalue weighted by Crippen LogP contribution is -2.37. The minimum absolute atomic E-state index is 0.0771. The average Bonchev–Trinajstić information content (AvgIpc) is 3.56. The number of likely N-dealkylation sites (N-methyl/N-ethyl adjacent to an activating group) is 1. The number of benzene rings is 1. The van der Waals surface area contributed by atoms with Crippen LogP contribution >= 0.6 is 0 Å². The van der Waals surface area contributed by atoms with Crippen LogP contribution in [0.15, 0.2) is 51.6 Å². The Hall–Kier alpha value is -3.46. The van der Waals surface area contributed by atoms with E-state index in [4.69, 9.17) is 8.94 Å². The van der Waals surface area contributed by atoms with Gasteiger partial charge in [0.1, 0.15) is 0 Å². The molecule has 0 fully saturated rings. The van der Waals surface area contributed by atoms with Crippen LogP contribution in [-0.2, 0) is 22.6 Å². The number of para-hydroxylation sites is 1. The third-order valence-electron chi connectivity index (χ3n) is 6.54. The van der Waals surface area contributed by atoms with Gasteiger partial charge in [0.25, 0.3) is 0 Å². The van der Waals surface area contributed by atoms with Crippen molar-refractivity contribution in [3.63, 3.8) is 0 Å². The van der Waals surface area contributed by atoms with E-state index in [9.17, 15) is 9.59 Å². The van der Waals surface area contributed by atoms with Crippen LogP contribution in [0.2, 0.25) is 0 Å². The highest BCUT2D eigenvalue weighted by molar-refractivity contribution is 5.94. The van der Waals surface area contributed by atoms with Crippen molar-refractivity contribution in [1.29, 1.82) is 0 Å². The number of rotatable bonds is 7. The Balaban J connectivity index is 1.45. The Morgan fingerprint density at radius 3 is 2.65 bits per heavy atom. The molecule has 0 radical (unpaired) electrons. The van der Waals surface area contributed by atoms with Gasteiger partial charge in [-0.25, -0.2) is 0 Å². The molecule has 1 aliphatic heterocycles. The number of carbonyl (C=O) groups is 2. The molecular weight excluding hydrogens is 470 g/mol. The number of fused-ring (bicyclic) bond motifs is 1. The van der Waals surface area contributed by atoms with Gasteiger partial charge in [0.2, 0.25) is 23.5 Å². The molecule has 0 saturated carbocycles. The van der Waals surface area contributed by atoms with Crippen molar-refractivity contribution in [2.24, 2.45) is 5.92 Å². The normalized spacial score (nSPS) is 15.5. The minimum Gasteiger partial charge on any atom is -0.461 e. The van der Waals surface area contributed by atoms with E-state index >= 15 is 0 Å². The highest BCUT2D eigenvalue weighted by Gasteiger charge is 2.23. The van der Waals surface area contributed by atoms with Crippen molar-refractivity contribution in [3.8, 4) is 11.6 Å². The van der Waals surface area contributed by atoms with Crippen LogP contribution in [0.25, 0.3) is 11.6 Å². The quantitative estimate of drug-likeness (QED) is 0.468. The summed E-state index contributed by atoms with van der Waals surface area (Å²) in [5, 5.41) is 3.96. The lowest BCUT2D eigenvalue weighted by atomic mass is 10.1. The van der Waals surface area contributed by atoms with Crippen LogP contribution in [0.3, 0.4) is 0 Å². The van der Waals surface area contributed by atoms with E-state index < -0.39 is 0 Å². The molecule has 2 aromatic heterocycles. The first-order chi connectivity index (χ1) is 17.9. The van der Waals surface area contributed by atoms with Gasteiger partial charge in [-0.3, -0.25) is 9.59 Å². The molecule has 3 aromatic rings. The molecule has 198 valence electrons. The molecule has 1 aromatic carbocycles. The van der Waals surface area contributed by atoms with E-state index in [2.05, 4.69) is 35.9 Å². The number of aromatic nitrogens is 2. The van der Waals surface area contributed by atoms with Gasteiger partial charge in [0.05, 0.1) is 6.26 Å². The monoisotopic (exact) mass is 507 g/mol. The maximum atomic E-state index is 13.4. The maximum Gasteiger partial charge on any atom is 0.238 e. The second-order valence-corrected chi connectivity index (χ2v) is 10.1. The van der Waals surface area contributed by atoms with Crippen molar-refractivity contribution in [2.75, 3.05) is 38.1 Å². The molecular formula is C28H37N5O4. The molecule has 0 spiro atoms. The highest BCUT2D eigenvalue weighted by Crippen LogP contribution is 2.25. The smallest absolute Gasteiger partial charge is 0.238 e. The van der Waals surface area contributed by atoms with Crippen LogP contribution in [0, 0.1) is 5.92 Å². The number of hydrogen-bond donors (Lipinski definition) is 0. The summed E-state index contributed by atoms with van der Waals surface area (Å²) in [5.74, 6) is 1.95. The molecule has 37 heavy (non-hydrogen) atoms. The fourth-order valence-corrected chi connectivity index (χ4v) is 4.56. The molecule has 1 aliphatic rings. The summed E-state index contributed by atoms with van der Waals surface area (Å²) in [6.07, 6.45) is 4.44. The maximum absolute atomic E-state index is 13.4. The van der Waals surface area contributed by atoms with Crippen LogP contribution in [0.5, 0.6) is 0 Å². The van der Waals surface area contributed by atoms with Crippen molar-refractivity contribution < 1.29 is 18.5 Å². The molecule has 0 N–H and O–H groups in total. The average molecular weight is 508 g/mol. The van der Waals surface area contributed by atoms with E-state index in [1.165, 1.54) is 0 Å². The largest absolute Gasteiger partial charge is 0.461 e. The summed E-state index contributed by atoms with van der Waals surface area (Å²) in [6, 6.07) is 11.5. The molecule has 0 aliphatic carbocycles. The number of aryl methyl sites for hydroxylation is 1. The van der Waals surface area contributed by atoms with E-state index in [0.29, 0.717) is 62.8 Å². The summed E-state index contributed by atoms with van der Waals surface area (Å²) in [6.45, 7) is 7.55. The molecule has 0 bridgehead atoms. The molecule has 0 atom stereocenters. The topological polar surface area (TPSA) is 95.9 Å². The Labute approximate surface area is 218 Å². The van der Waals surface area contributed by atoms with Crippen LogP contribution in [0.4, 0.5) is 5.69 Å². The Morgan fingerprint density at radius 1 is 1.03 bits per heavy atom. The molecule has 9 nitrogen and oxygen atoms in total. The zero-order chi connectivity index (χ0) is 26.2. The molecule has 9 heteroatoms. The highest BCUT2D eigenvalue weighted by atomic mass is 16.5.